The molecule has 0 spiro atoms. The molecule has 1 fully saturated rings. The fourth-order valence-electron chi connectivity index (χ4n) is 3.82. The molecule has 5 nitrogen and oxygen atoms in total. The second kappa shape index (κ2) is 8.84. The van der Waals surface area contributed by atoms with Crippen LogP contribution in [0.2, 0.25) is 5.02 Å². The Morgan fingerprint density at radius 3 is 2.37 bits per heavy atom. The maximum Gasteiger partial charge on any atom is 0.217 e. The van der Waals surface area contributed by atoms with Gasteiger partial charge in [0.15, 0.2) is 5.82 Å². The van der Waals surface area contributed by atoms with Gasteiger partial charge in [0, 0.05) is 42.6 Å². The van der Waals surface area contributed by atoms with Crippen molar-refractivity contribution in [1.29, 1.82) is 0 Å². The van der Waals surface area contributed by atoms with Crippen LogP contribution >= 0.6 is 11.6 Å². The van der Waals surface area contributed by atoms with Crippen molar-refractivity contribution in [2.75, 3.05) is 18.0 Å². The van der Waals surface area contributed by atoms with Crippen molar-refractivity contribution in [3.8, 4) is 11.3 Å². The lowest BCUT2D eigenvalue weighted by molar-refractivity contribution is -0.119. The van der Waals surface area contributed by atoms with E-state index < -0.39 is 0 Å². The fraction of sp³-hybridized carbons (Fsp3) is 0.292. The topological polar surface area (TPSA) is 58.1 Å². The molecule has 2 heterocycles. The van der Waals surface area contributed by atoms with Crippen LogP contribution in [0.15, 0.2) is 60.7 Å². The minimum atomic E-state index is 0.0120. The summed E-state index contributed by atoms with van der Waals surface area (Å²) >= 11 is 5.95. The maximum atomic E-state index is 11.2. The Balaban J connectivity index is 1.32. The molecular formula is C24H25ClN4O. The van der Waals surface area contributed by atoms with Gasteiger partial charge in [0.1, 0.15) is 0 Å². The van der Waals surface area contributed by atoms with E-state index in [1.165, 1.54) is 11.1 Å². The van der Waals surface area contributed by atoms with Crippen LogP contribution in [-0.4, -0.2) is 35.2 Å². The Kier molecular flexibility index (Phi) is 6.00. The molecule has 1 amide bonds. The first-order valence-electron chi connectivity index (χ1n) is 10.2. The Hall–Kier alpha value is -2.92. The van der Waals surface area contributed by atoms with Crippen LogP contribution in [0.25, 0.3) is 11.3 Å². The highest BCUT2D eigenvalue weighted by Gasteiger charge is 2.29. The third kappa shape index (κ3) is 4.79. The molecule has 1 aliphatic heterocycles. The standard InChI is InChI=1S/C24H25ClN4O/c1-16(26-17(2)30)13-18-3-5-19(6-4-18)21-14-29(15-21)24-12-11-23(27-28-24)20-7-9-22(25)10-8-20/h3-12,16,21H,13-15H2,1-2H3,(H,26,30). The number of nitrogens with one attached hydrogen (secondary N) is 1. The zero-order valence-electron chi connectivity index (χ0n) is 17.2. The van der Waals surface area contributed by atoms with Gasteiger partial charge in [0.05, 0.1) is 5.69 Å². The zero-order chi connectivity index (χ0) is 21.1. The summed E-state index contributed by atoms with van der Waals surface area (Å²) in [6, 6.07) is 20.5. The van der Waals surface area contributed by atoms with Crippen molar-refractivity contribution in [3.63, 3.8) is 0 Å². The van der Waals surface area contributed by atoms with Gasteiger partial charge < -0.3 is 10.2 Å². The van der Waals surface area contributed by atoms with Gasteiger partial charge >= 0.3 is 0 Å². The minimum absolute atomic E-state index is 0.0120. The third-order valence-electron chi connectivity index (χ3n) is 5.44. The molecular weight excluding hydrogens is 396 g/mol. The summed E-state index contributed by atoms with van der Waals surface area (Å²) in [5, 5.41) is 12.4. The lowest BCUT2D eigenvalue weighted by Gasteiger charge is -2.40. The summed E-state index contributed by atoms with van der Waals surface area (Å²) in [4.78, 5) is 13.4. The van der Waals surface area contributed by atoms with Gasteiger partial charge in [-0.2, -0.15) is 0 Å². The summed E-state index contributed by atoms with van der Waals surface area (Å²) in [6.45, 7) is 5.46. The molecule has 0 bridgehead atoms. The molecule has 1 atom stereocenters. The van der Waals surface area contributed by atoms with Crippen LogP contribution in [0.4, 0.5) is 5.82 Å². The van der Waals surface area contributed by atoms with Crippen molar-refractivity contribution >= 4 is 23.3 Å². The molecule has 30 heavy (non-hydrogen) atoms. The smallest absolute Gasteiger partial charge is 0.217 e. The Morgan fingerprint density at radius 1 is 1.07 bits per heavy atom. The van der Waals surface area contributed by atoms with E-state index in [-0.39, 0.29) is 11.9 Å². The van der Waals surface area contributed by atoms with Crippen molar-refractivity contribution in [2.24, 2.45) is 0 Å². The molecule has 1 aliphatic rings. The molecule has 1 aromatic heterocycles. The Labute approximate surface area is 182 Å². The molecule has 0 saturated carbocycles. The van der Waals surface area contributed by atoms with Gasteiger partial charge in [-0.25, -0.2) is 0 Å². The number of amides is 1. The summed E-state index contributed by atoms with van der Waals surface area (Å²) in [5.74, 6) is 1.42. The lowest BCUT2D eigenvalue weighted by atomic mass is 9.90. The monoisotopic (exact) mass is 420 g/mol. The summed E-state index contributed by atoms with van der Waals surface area (Å²) < 4.78 is 0. The van der Waals surface area contributed by atoms with Crippen LogP contribution in [0.3, 0.4) is 0 Å². The van der Waals surface area contributed by atoms with E-state index in [0.717, 1.165) is 36.6 Å². The first-order valence-corrected chi connectivity index (χ1v) is 10.6. The first-order chi connectivity index (χ1) is 14.5. The fourth-order valence-corrected chi connectivity index (χ4v) is 3.95. The number of hydrogen-bond donors (Lipinski definition) is 1. The average molecular weight is 421 g/mol. The van der Waals surface area contributed by atoms with E-state index in [9.17, 15) is 4.79 Å². The Bertz CT molecular complexity index is 997. The highest BCUT2D eigenvalue weighted by Crippen LogP contribution is 2.31. The molecule has 6 heteroatoms. The van der Waals surface area contributed by atoms with E-state index >= 15 is 0 Å². The summed E-state index contributed by atoms with van der Waals surface area (Å²) in [7, 11) is 0. The van der Waals surface area contributed by atoms with Gasteiger partial charge in [-0.1, -0.05) is 48.0 Å². The SMILES string of the molecule is CC(=O)NC(C)Cc1ccc(C2CN(c3ccc(-c4ccc(Cl)cc4)nn3)C2)cc1. The molecule has 154 valence electrons. The molecule has 4 rings (SSSR count). The number of nitrogens with zero attached hydrogens (tertiary/aromatic N) is 3. The number of rotatable bonds is 6. The zero-order valence-corrected chi connectivity index (χ0v) is 17.9. The number of halogens is 1. The molecule has 2 aromatic carbocycles. The van der Waals surface area contributed by atoms with Crippen molar-refractivity contribution < 1.29 is 4.79 Å². The van der Waals surface area contributed by atoms with Crippen LogP contribution in [0.1, 0.15) is 30.9 Å². The largest absolute Gasteiger partial charge is 0.354 e. The van der Waals surface area contributed by atoms with Crippen molar-refractivity contribution in [1.82, 2.24) is 15.5 Å². The Morgan fingerprint density at radius 2 is 1.77 bits per heavy atom. The van der Waals surface area contributed by atoms with E-state index in [1.54, 1.807) is 6.92 Å². The first kappa shape index (κ1) is 20.4. The number of carbonyl (C=O) groups is 1. The minimum Gasteiger partial charge on any atom is -0.354 e. The van der Waals surface area contributed by atoms with Gasteiger partial charge in [-0.15, -0.1) is 10.2 Å². The van der Waals surface area contributed by atoms with Crippen molar-refractivity contribution in [3.05, 3.63) is 76.8 Å². The third-order valence-corrected chi connectivity index (χ3v) is 5.69. The average Bonchev–Trinajstić information content (AvgIpc) is 2.69. The second-order valence-electron chi connectivity index (χ2n) is 7.93. The molecule has 0 radical (unpaired) electrons. The maximum absolute atomic E-state index is 11.2. The molecule has 1 unspecified atom stereocenters. The van der Waals surface area contributed by atoms with E-state index in [0.29, 0.717) is 10.9 Å². The highest BCUT2D eigenvalue weighted by molar-refractivity contribution is 6.30. The second-order valence-corrected chi connectivity index (χ2v) is 8.37. The predicted molar refractivity (Wildman–Crippen MR) is 121 cm³/mol. The van der Waals surface area contributed by atoms with Crippen LogP contribution in [0.5, 0.6) is 0 Å². The summed E-state index contributed by atoms with van der Waals surface area (Å²) in [5.41, 5.74) is 4.43. The lowest BCUT2D eigenvalue weighted by Crippen LogP contribution is -2.45. The van der Waals surface area contributed by atoms with Crippen LogP contribution in [0, 0.1) is 0 Å². The van der Waals surface area contributed by atoms with Gasteiger partial charge in [0.2, 0.25) is 5.91 Å². The number of anilines is 1. The summed E-state index contributed by atoms with van der Waals surface area (Å²) in [6.07, 6.45) is 0.839. The number of benzene rings is 2. The van der Waals surface area contributed by atoms with Gasteiger partial charge in [0.25, 0.3) is 0 Å². The van der Waals surface area contributed by atoms with Crippen molar-refractivity contribution in [2.45, 2.75) is 32.2 Å². The van der Waals surface area contributed by atoms with E-state index in [2.05, 4.69) is 44.7 Å². The van der Waals surface area contributed by atoms with E-state index in [4.69, 9.17) is 11.6 Å². The van der Waals surface area contributed by atoms with Crippen LogP contribution in [-0.2, 0) is 11.2 Å². The number of hydrogen-bond acceptors (Lipinski definition) is 4. The molecule has 1 N–H and O–H groups in total. The van der Waals surface area contributed by atoms with Gasteiger partial charge in [-0.3, -0.25) is 4.79 Å². The van der Waals surface area contributed by atoms with E-state index in [1.807, 2.05) is 43.3 Å². The van der Waals surface area contributed by atoms with Gasteiger partial charge in [-0.05, 0) is 48.7 Å². The number of aromatic nitrogens is 2. The predicted octanol–water partition coefficient (Wildman–Crippen LogP) is 4.47. The molecule has 0 aliphatic carbocycles. The normalized spacial score (nSPS) is 14.8. The molecule has 1 saturated heterocycles. The van der Waals surface area contributed by atoms with Crippen LogP contribution < -0.4 is 10.2 Å². The number of carbonyl (C=O) groups excluding carboxylic acids is 1. The quantitative estimate of drug-likeness (QED) is 0.639. The highest BCUT2D eigenvalue weighted by atomic mass is 35.5. The molecule has 3 aromatic rings.